The van der Waals surface area contributed by atoms with Crippen LogP contribution in [0.4, 0.5) is 10.1 Å². The zero-order valence-corrected chi connectivity index (χ0v) is 12.6. The molecular formula is C14H18FN3O2S. The lowest BCUT2D eigenvalue weighted by Gasteiger charge is -2.24. The molecule has 0 unspecified atom stereocenters. The Morgan fingerprint density at radius 2 is 2.10 bits per heavy atom. The van der Waals surface area contributed by atoms with Gasteiger partial charge in [0.05, 0.1) is 17.8 Å². The van der Waals surface area contributed by atoms with E-state index in [1.807, 2.05) is 10.8 Å². The second-order valence-corrected chi connectivity index (χ2v) is 6.76. The number of nitrogens with zero attached hydrogens (tertiary/aromatic N) is 3. The third-order valence-corrected chi connectivity index (χ3v) is 4.94. The molecule has 0 fully saturated rings. The van der Waals surface area contributed by atoms with E-state index in [9.17, 15) is 12.8 Å². The van der Waals surface area contributed by atoms with Crippen molar-refractivity contribution in [2.24, 2.45) is 0 Å². The molecule has 0 bridgehead atoms. The van der Waals surface area contributed by atoms with E-state index in [0.29, 0.717) is 13.0 Å². The van der Waals surface area contributed by atoms with Crippen molar-refractivity contribution in [1.29, 1.82) is 0 Å². The van der Waals surface area contributed by atoms with Crippen molar-refractivity contribution in [3.05, 3.63) is 48.8 Å². The number of benzene rings is 1. The van der Waals surface area contributed by atoms with Crippen molar-refractivity contribution in [2.45, 2.75) is 19.9 Å². The summed E-state index contributed by atoms with van der Waals surface area (Å²) >= 11 is 0. The smallest absolute Gasteiger partial charge is 0.234 e. The first-order valence-corrected chi connectivity index (χ1v) is 8.36. The zero-order chi connectivity index (χ0) is 15.3. The Morgan fingerprint density at radius 1 is 1.33 bits per heavy atom. The molecule has 0 atom stereocenters. The van der Waals surface area contributed by atoms with E-state index in [1.165, 1.54) is 12.1 Å². The fourth-order valence-electron chi connectivity index (χ4n) is 2.04. The van der Waals surface area contributed by atoms with Crippen LogP contribution in [0.1, 0.15) is 13.3 Å². The van der Waals surface area contributed by atoms with E-state index in [0.717, 1.165) is 4.31 Å². The second kappa shape index (κ2) is 6.71. The molecule has 0 N–H and O–H groups in total. The van der Waals surface area contributed by atoms with Crippen molar-refractivity contribution in [3.8, 4) is 0 Å². The number of aromatic nitrogens is 2. The second-order valence-electron chi connectivity index (χ2n) is 4.58. The Morgan fingerprint density at radius 3 is 2.71 bits per heavy atom. The van der Waals surface area contributed by atoms with Gasteiger partial charge in [0.1, 0.15) is 5.82 Å². The maximum atomic E-state index is 13.9. The number of para-hydroxylation sites is 1. The third-order valence-electron chi connectivity index (χ3n) is 3.16. The molecule has 1 heterocycles. The highest BCUT2D eigenvalue weighted by Crippen LogP contribution is 2.22. The molecule has 0 spiro atoms. The lowest BCUT2D eigenvalue weighted by molar-refractivity contribution is 0.577. The molecule has 0 aliphatic rings. The molecule has 0 saturated heterocycles. The minimum absolute atomic E-state index is 0.0631. The summed E-state index contributed by atoms with van der Waals surface area (Å²) in [6.07, 6.45) is 5.71. The number of anilines is 1. The minimum Gasteiger partial charge on any atom is -0.337 e. The number of rotatable bonds is 7. The zero-order valence-electron chi connectivity index (χ0n) is 11.8. The van der Waals surface area contributed by atoms with Crippen LogP contribution in [0.15, 0.2) is 43.0 Å². The summed E-state index contributed by atoms with van der Waals surface area (Å²) in [5.41, 5.74) is 0.102. The van der Waals surface area contributed by atoms with Gasteiger partial charge in [-0.15, -0.1) is 0 Å². The van der Waals surface area contributed by atoms with Gasteiger partial charge in [0.2, 0.25) is 10.0 Å². The lowest BCUT2D eigenvalue weighted by Crippen LogP contribution is -2.34. The van der Waals surface area contributed by atoms with Crippen molar-refractivity contribution >= 4 is 15.7 Å². The monoisotopic (exact) mass is 311 g/mol. The summed E-state index contributed by atoms with van der Waals surface area (Å²) in [5.74, 6) is -0.593. The van der Waals surface area contributed by atoms with Crippen LogP contribution in [-0.2, 0) is 16.6 Å². The molecule has 0 aliphatic heterocycles. The maximum Gasteiger partial charge on any atom is 0.234 e. The van der Waals surface area contributed by atoms with Crippen molar-refractivity contribution in [2.75, 3.05) is 16.6 Å². The Balaban J connectivity index is 2.15. The van der Waals surface area contributed by atoms with Gasteiger partial charge in [-0.2, -0.15) is 0 Å². The van der Waals surface area contributed by atoms with Crippen LogP contribution in [0.25, 0.3) is 0 Å². The highest BCUT2D eigenvalue weighted by atomic mass is 32.2. The highest BCUT2D eigenvalue weighted by molar-refractivity contribution is 7.92. The van der Waals surface area contributed by atoms with Crippen LogP contribution in [0.3, 0.4) is 0 Å². The first-order chi connectivity index (χ1) is 10.0. The summed E-state index contributed by atoms with van der Waals surface area (Å²) < 4.78 is 41.3. The number of imidazole rings is 1. The summed E-state index contributed by atoms with van der Waals surface area (Å²) in [4.78, 5) is 3.93. The Hall–Kier alpha value is -1.89. The van der Waals surface area contributed by atoms with Crippen LogP contribution in [0, 0.1) is 5.82 Å². The van der Waals surface area contributed by atoms with Gasteiger partial charge < -0.3 is 4.57 Å². The molecule has 5 nitrogen and oxygen atoms in total. The number of sulfonamides is 1. The van der Waals surface area contributed by atoms with E-state index in [1.54, 1.807) is 31.6 Å². The van der Waals surface area contributed by atoms with Gasteiger partial charge in [-0.05, 0) is 25.5 Å². The first kappa shape index (κ1) is 15.5. The van der Waals surface area contributed by atoms with Crippen LogP contribution in [-0.4, -0.2) is 30.3 Å². The average molecular weight is 311 g/mol. The first-order valence-electron chi connectivity index (χ1n) is 6.75. The minimum atomic E-state index is -3.51. The third kappa shape index (κ3) is 3.81. The summed E-state index contributed by atoms with van der Waals surface area (Å²) in [6, 6.07) is 5.93. The fourth-order valence-corrected chi connectivity index (χ4v) is 3.20. The molecule has 0 radical (unpaired) electrons. The molecule has 21 heavy (non-hydrogen) atoms. The lowest BCUT2D eigenvalue weighted by atomic mass is 10.3. The summed E-state index contributed by atoms with van der Waals surface area (Å²) in [7, 11) is -3.51. The maximum absolute atomic E-state index is 13.9. The molecule has 0 saturated carbocycles. The molecule has 0 amide bonds. The van der Waals surface area contributed by atoms with Gasteiger partial charge in [-0.25, -0.2) is 17.8 Å². The van der Waals surface area contributed by atoms with Gasteiger partial charge in [0.15, 0.2) is 0 Å². The number of aryl methyl sites for hydroxylation is 1. The molecule has 1 aromatic heterocycles. The normalized spacial score (nSPS) is 11.5. The number of halogens is 1. The molecule has 1 aromatic carbocycles. The van der Waals surface area contributed by atoms with Crippen LogP contribution in [0.2, 0.25) is 0 Å². The molecule has 2 rings (SSSR count). The van der Waals surface area contributed by atoms with Crippen LogP contribution in [0.5, 0.6) is 0 Å². The predicted octanol–water partition coefficient (Wildman–Crippen LogP) is 2.27. The average Bonchev–Trinajstić information content (AvgIpc) is 2.98. The van der Waals surface area contributed by atoms with Crippen LogP contribution < -0.4 is 4.31 Å². The van der Waals surface area contributed by atoms with Gasteiger partial charge >= 0.3 is 0 Å². The number of hydrogen-bond donors (Lipinski definition) is 0. The Kier molecular flexibility index (Phi) is 4.95. The van der Waals surface area contributed by atoms with Crippen molar-refractivity contribution in [1.82, 2.24) is 9.55 Å². The van der Waals surface area contributed by atoms with E-state index in [2.05, 4.69) is 4.98 Å². The molecule has 114 valence electrons. The van der Waals surface area contributed by atoms with E-state index >= 15 is 0 Å². The van der Waals surface area contributed by atoms with E-state index < -0.39 is 15.8 Å². The van der Waals surface area contributed by atoms with E-state index in [-0.39, 0.29) is 18.0 Å². The van der Waals surface area contributed by atoms with Gasteiger partial charge in [-0.3, -0.25) is 4.31 Å². The SMILES string of the molecule is CCS(=O)(=O)N(CCCn1ccnc1)c1ccccc1F. The Labute approximate surface area is 124 Å². The molecule has 0 aliphatic carbocycles. The standard InChI is InChI=1S/C14H18FN3O2S/c1-2-21(19,20)18(14-7-4-3-6-13(14)15)10-5-9-17-11-8-16-12-17/h3-4,6-8,11-12H,2,5,9-10H2,1H3. The largest absolute Gasteiger partial charge is 0.337 e. The number of hydrogen-bond acceptors (Lipinski definition) is 3. The van der Waals surface area contributed by atoms with Crippen molar-refractivity contribution < 1.29 is 12.8 Å². The van der Waals surface area contributed by atoms with Gasteiger partial charge in [-0.1, -0.05) is 12.1 Å². The van der Waals surface area contributed by atoms with Crippen LogP contribution >= 0.6 is 0 Å². The topological polar surface area (TPSA) is 55.2 Å². The highest BCUT2D eigenvalue weighted by Gasteiger charge is 2.22. The predicted molar refractivity (Wildman–Crippen MR) is 80.1 cm³/mol. The Bertz CT molecular complexity index is 671. The quantitative estimate of drug-likeness (QED) is 0.788. The van der Waals surface area contributed by atoms with E-state index in [4.69, 9.17) is 0 Å². The summed E-state index contributed by atoms with van der Waals surface area (Å²) in [6.45, 7) is 2.42. The molecule has 7 heteroatoms. The molecule has 2 aromatic rings. The molecular weight excluding hydrogens is 293 g/mol. The summed E-state index contributed by atoms with van der Waals surface area (Å²) in [5, 5.41) is 0. The fraction of sp³-hybridized carbons (Fsp3) is 0.357. The van der Waals surface area contributed by atoms with Gasteiger partial charge in [0.25, 0.3) is 0 Å². The van der Waals surface area contributed by atoms with Gasteiger partial charge in [0, 0.05) is 25.5 Å². The van der Waals surface area contributed by atoms with Crippen molar-refractivity contribution in [3.63, 3.8) is 0 Å².